The Balaban J connectivity index is 1.93. The molecule has 2 rings (SSSR count). The Labute approximate surface area is 185 Å². The molecule has 0 spiro atoms. The normalized spacial score (nSPS) is 13.7. The van der Waals surface area contributed by atoms with Crippen LogP contribution in [-0.2, 0) is 16.4 Å². The first kappa shape index (κ1) is 24.2. The molecule has 9 heteroatoms. The Morgan fingerprint density at radius 3 is 2.59 bits per heavy atom. The molecule has 0 saturated heterocycles. The minimum absolute atomic E-state index is 0.0620. The molecule has 2 N–H and O–H groups in total. The van der Waals surface area contributed by atoms with Gasteiger partial charge < -0.3 is 10.4 Å². The van der Waals surface area contributed by atoms with Crippen LogP contribution in [0.2, 0.25) is 5.02 Å². The van der Waals surface area contributed by atoms with Gasteiger partial charge in [0.15, 0.2) is 0 Å². The van der Waals surface area contributed by atoms with Gasteiger partial charge in [-0.25, -0.2) is 12.8 Å². The number of benzene rings is 2. The third-order valence-electron chi connectivity index (χ3n) is 4.42. The first-order chi connectivity index (χ1) is 13.4. The lowest BCUT2D eigenvalue weighted by Crippen LogP contribution is -2.47. The van der Waals surface area contributed by atoms with Gasteiger partial charge in [-0.1, -0.05) is 39.7 Å². The second-order valence-electron chi connectivity index (χ2n) is 7.59. The fraction of sp³-hybridized carbons (Fsp3) is 0.400. The lowest BCUT2D eigenvalue weighted by Gasteiger charge is -2.29. The van der Waals surface area contributed by atoms with E-state index in [0.717, 1.165) is 9.87 Å². The van der Waals surface area contributed by atoms with Crippen LogP contribution in [0.4, 0.5) is 4.39 Å². The Kier molecular flexibility index (Phi) is 8.23. The quantitative estimate of drug-likeness (QED) is 0.541. The predicted molar refractivity (Wildman–Crippen MR) is 117 cm³/mol. The van der Waals surface area contributed by atoms with Gasteiger partial charge in [0.2, 0.25) is 10.0 Å². The summed E-state index contributed by atoms with van der Waals surface area (Å²) in [5.41, 5.74) is 0.330. The minimum atomic E-state index is -3.71. The zero-order valence-corrected chi connectivity index (χ0v) is 19.7. The Hall–Kier alpha value is -1.03. The SMILES string of the molecule is CN(C[C@H](O)CNC(C)(C)Cc1ccc(Cl)c(F)c1)S(=O)(=O)c1cccc(Br)c1. The first-order valence-electron chi connectivity index (χ1n) is 9.00. The van der Waals surface area contributed by atoms with Crippen molar-refractivity contribution in [1.82, 2.24) is 9.62 Å². The van der Waals surface area contributed by atoms with Crippen LogP contribution in [-0.4, -0.2) is 49.6 Å². The summed E-state index contributed by atoms with van der Waals surface area (Å²) in [5, 5.41) is 13.6. The number of rotatable bonds is 9. The molecule has 0 fully saturated rings. The molecule has 2 aromatic rings. The molecule has 160 valence electrons. The molecule has 2 aromatic carbocycles. The number of nitrogens with one attached hydrogen (secondary N) is 1. The van der Waals surface area contributed by atoms with Crippen molar-refractivity contribution in [2.45, 2.75) is 36.8 Å². The van der Waals surface area contributed by atoms with Crippen LogP contribution in [0.1, 0.15) is 19.4 Å². The molecule has 0 aliphatic rings. The van der Waals surface area contributed by atoms with Crippen LogP contribution in [0.3, 0.4) is 0 Å². The van der Waals surface area contributed by atoms with Crippen LogP contribution in [0.5, 0.6) is 0 Å². The molecular weight excluding hydrogens is 483 g/mol. The molecule has 0 saturated carbocycles. The fourth-order valence-corrected chi connectivity index (χ4v) is 4.81. The minimum Gasteiger partial charge on any atom is -0.390 e. The lowest BCUT2D eigenvalue weighted by atomic mass is 9.94. The van der Waals surface area contributed by atoms with Crippen molar-refractivity contribution in [1.29, 1.82) is 0 Å². The van der Waals surface area contributed by atoms with Crippen molar-refractivity contribution in [3.63, 3.8) is 0 Å². The first-order valence-corrected chi connectivity index (χ1v) is 11.6. The number of aliphatic hydroxyl groups excluding tert-OH is 1. The summed E-state index contributed by atoms with van der Waals surface area (Å²) in [6.07, 6.45) is -0.400. The molecule has 1 atom stereocenters. The standard InChI is InChI=1S/C20H25BrClFN2O3S/c1-20(2,11-14-7-8-18(22)19(23)9-14)24-12-16(26)13-25(3)29(27,28)17-6-4-5-15(21)10-17/h4-10,16,24,26H,11-13H2,1-3H3/t16-/m1/s1. The van der Waals surface area contributed by atoms with E-state index in [4.69, 9.17) is 11.6 Å². The van der Waals surface area contributed by atoms with Crippen LogP contribution in [0, 0.1) is 5.82 Å². The van der Waals surface area contributed by atoms with Crippen molar-refractivity contribution in [3.8, 4) is 0 Å². The average Bonchev–Trinajstić information content (AvgIpc) is 2.63. The summed E-state index contributed by atoms with van der Waals surface area (Å²) in [6.45, 7) is 3.97. The highest BCUT2D eigenvalue weighted by Crippen LogP contribution is 2.21. The summed E-state index contributed by atoms with van der Waals surface area (Å²) in [4.78, 5) is 0.152. The Morgan fingerprint density at radius 1 is 1.28 bits per heavy atom. The maximum absolute atomic E-state index is 13.6. The molecule has 0 heterocycles. The van der Waals surface area contributed by atoms with Crippen molar-refractivity contribution in [2.24, 2.45) is 0 Å². The molecule has 0 bridgehead atoms. The second kappa shape index (κ2) is 9.85. The van der Waals surface area contributed by atoms with E-state index in [-0.39, 0.29) is 23.0 Å². The summed E-state index contributed by atoms with van der Waals surface area (Å²) in [7, 11) is -2.27. The van der Waals surface area contributed by atoms with Crippen LogP contribution in [0.15, 0.2) is 51.8 Å². The van der Waals surface area contributed by atoms with Gasteiger partial charge in [-0.3, -0.25) is 0 Å². The van der Waals surface area contributed by atoms with E-state index < -0.39 is 27.5 Å². The molecule has 0 aliphatic carbocycles. The van der Waals surface area contributed by atoms with E-state index in [1.54, 1.807) is 18.2 Å². The summed E-state index contributed by atoms with van der Waals surface area (Å²) in [6, 6.07) is 11.1. The zero-order valence-electron chi connectivity index (χ0n) is 16.5. The Morgan fingerprint density at radius 2 is 1.97 bits per heavy atom. The lowest BCUT2D eigenvalue weighted by molar-refractivity contribution is 0.139. The van der Waals surface area contributed by atoms with E-state index >= 15 is 0 Å². The van der Waals surface area contributed by atoms with Gasteiger partial charge in [0, 0.05) is 30.1 Å². The van der Waals surface area contributed by atoms with E-state index in [9.17, 15) is 17.9 Å². The average molecular weight is 508 g/mol. The topological polar surface area (TPSA) is 69.6 Å². The van der Waals surface area contributed by atoms with Gasteiger partial charge in [0.1, 0.15) is 5.82 Å². The van der Waals surface area contributed by atoms with E-state index in [2.05, 4.69) is 21.2 Å². The molecule has 0 aromatic heterocycles. The van der Waals surface area contributed by atoms with E-state index in [1.165, 1.54) is 31.3 Å². The molecule has 5 nitrogen and oxygen atoms in total. The summed E-state index contributed by atoms with van der Waals surface area (Å²) < 4.78 is 40.7. The third-order valence-corrected chi connectivity index (χ3v) is 7.04. The molecular formula is C20H25BrClFN2O3S. The van der Waals surface area contributed by atoms with Gasteiger partial charge in [-0.15, -0.1) is 0 Å². The third kappa shape index (κ3) is 7.01. The number of aliphatic hydroxyl groups is 1. The number of likely N-dealkylation sites (N-methyl/N-ethyl adjacent to an activating group) is 1. The zero-order chi connectivity index (χ0) is 21.8. The van der Waals surface area contributed by atoms with Crippen LogP contribution < -0.4 is 5.32 Å². The maximum Gasteiger partial charge on any atom is 0.242 e. The molecule has 0 aliphatic heterocycles. The summed E-state index contributed by atoms with van der Waals surface area (Å²) >= 11 is 8.98. The number of β-amino-alcohol motifs (C(OH)–C–C–N with tert-alkyl or cyclic N) is 1. The number of sulfonamides is 1. The fourth-order valence-electron chi connectivity index (χ4n) is 2.88. The second-order valence-corrected chi connectivity index (χ2v) is 11.0. The predicted octanol–water partition coefficient (Wildman–Crippen LogP) is 3.83. The van der Waals surface area contributed by atoms with Crippen molar-refractivity contribution < 1.29 is 17.9 Å². The van der Waals surface area contributed by atoms with Crippen molar-refractivity contribution >= 4 is 37.6 Å². The highest BCUT2D eigenvalue weighted by molar-refractivity contribution is 9.10. The highest BCUT2D eigenvalue weighted by atomic mass is 79.9. The molecule has 0 radical (unpaired) electrons. The highest BCUT2D eigenvalue weighted by Gasteiger charge is 2.25. The number of hydrogen-bond acceptors (Lipinski definition) is 4. The van der Waals surface area contributed by atoms with Crippen LogP contribution >= 0.6 is 27.5 Å². The van der Waals surface area contributed by atoms with Crippen molar-refractivity contribution in [3.05, 3.63) is 63.3 Å². The maximum atomic E-state index is 13.6. The van der Waals surface area contributed by atoms with Gasteiger partial charge in [0.25, 0.3) is 0 Å². The number of nitrogens with zero attached hydrogens (tertiary/aromatic N) is 1. The van der Waals surface area contributed by atoms with Gasteiger partial charge >= 0.3 is 0 Å². The van der Waals surface area contributed by atoms with Crippen LogP contribution in [0.25, 0.3) is 0 Å². The Bertz CT molecular complexity index is 956. The molecule has 0 amide bonds. The number of hydrogen-bond donors (Lipinski definition) is 2. The largest absolute Gasteiger partial charge is 0.390 e. The van der Waals surface area contributed by atoms with E-state index in [1.807, 2.05) is 13.8 Å². The van der Waals surface area contributed by atoms with E-state index in [0.29, 0.717) is 10.9 Å². The van der Waals surface area contributed by atoms with Gasteiger partial charge in [0.05, 0.1) is 16.0 Å². The van der Waals surface area contributed by atoms with Crippen molar-refractivity contribution in [2.75, 3.05) is 20.1 Å². The van der Waals surface area contributed by atoms with Gasteiger partial charge in [-0.05, 0) is 56.2 Å². The van der Waals surface area contributed by atoms with Gasteiger partial charge in [-0.2, -0.15) is 4.31 Å². The molecule has 0 unspecified atom stereocenters. The molecule has 29 heavy (non-hydrogen) atoms. The monoisotopic (exact) mass is 506 g/mol. The number of halogens is 3. The smallest absolute Gasteiger partial charge is 0.242 e. The summed E-state index contributed by atoms with van der Waals surface area (Å²) in [5.74, 6) is -0.473.